The highest BCUT2D eigenvalue weighted by Gasteiger charge is 2.15. The minimum Gasteiger partial charge on any atom is -0.478 e. The molecule has 20 heavy (non-hydrogen) atoms. The van der Waals surface area contributed by atoms with Crippen LogP contribution in [0.4, 0.5) is 0 Å². The van der Waals surface area contributed by atoms with E-state index in [4.69, 9.17) is 0 Å². The van der Waals surface area contributed by atoms with Gasteiger partial charge in [0.25, 0.3) is 0 Å². The predicted octanol–water partition coefficient (Wildman–Crippen LogP) is 1.22. The van der Waals surface area contributed by atoms with Crippen molar-refractivity contribution in [3.05, 3.63) is 41.2 Å². The van der Waals surface area contributed by atoms with Crippen LogP contribution in [-0.2, 0) is 13.6 Å². The number of carbonyl (C=O) groups is 1. The number of aromatic carboxylic acids is 1. The Balaban J connectivity index is 2.12. The van der Waals surface area contributed by atoms with E-state index in [1.54, 1.807) is 27.6 Å². The van der Waals surface area contributed by atoms with Crippen LogP contribution in [0, 0.1) is 6.92 Å². The lowest BCUT2D eigenvalue weighted by molar-refractivity contribution is 0.0698. The Hall–Kier alpha value is -2.70. The molecular formula is C13H13N5O2. The second-order valence-corrected chi connectivity index (χ2v) is 4.64. The molecule has 0 saturated carbocycles. The monoisotopic (exact) mass is 271 g/mol. The van der Waals surface area contributed by atoms with Gasteiger partial charge in [0.05, 0.1) is 17.8 Å². The summed E-state index contributed by atoms with van der Waals surface area (Å²) in [5.74, 6) is -0.984. The van der Waals surface area contributed by atoms with E-state index in [0.717, 1.165) is 11.3 Å². The highest BCUT2D eigenvalue weighted by Crippen LogP contribution is 2.18. The zero-order valence-corrected chi connectivity index (χ0v) is 11.1. The quantitative estimate of drug-likeness (QED) is 0.774. The summed E-state index contributed by atoms with van der Waals surface area (Å²) in [4.78, 5) is 11.3. The molecule has 0 fully saturated rings. The van der Waals surface area contributed by atoms with Crippen LogP contribution in [0.15, 0.2) is 24.4 Å². The van der Waals surface area contributed by atoms with Crippen molar-refractivity contribution in [3.8, 4) is 0 Å². The van der Waals surface area contributed by atoms with Crippen molar-refractivity contribution >= 4 is 17.0 Å². The number of benzene rings is 1. The first-order chi connectivity index (χ1) is 9.56. The molecule has 0 aliphatic heterocycles. The van der Waals surface area contributed by atoms with Crippen molar-refractivity contribution < 1.29 is 9.90 Å². The molecule has 102 valence electrons. The van der Waals surface area contributed by atoms with E-state index >= 15 is 0 Å². The molecule has 1 aromatic carbocycles. The number of carboxylic acid groups (broad SMARTS) is 1. The fraction of sp³-hybridized carbons (Fsp3) is 0.231. The van der Waals surface area contributed by atoms with E-state index in [9.17, 15) is 9.90 Å². The molecule has 0 aliphatic carbocycles. The molecule has 0 unspecified atom stereocenters. The van der Waals surface area contributed by atoms with Gasteiger partial charge in [0, 0.05) is 18.8 Å². The van der Waals surface area contributed by atoms with E-state index < -0.39 is 5.97 Å². The Morgan fingerprint density at radius 1 is 1.40 bits per heavy atom. The van der Waals surface area contributed by atoms with Gasteiger partial charge in [0.2, 0.25) is 0 Å². The van der Waals surface area contributed by atoms with Crippen LogP contribution in [0.1, 0.15) is 21.6 Å². The third kappa shape index (κ3) is 1.93. The zero-order chi connectivity index (χ0) is 14.3. The molecule has 7 heteroatoms. The van der Waals surface area contributed by atoms with Crippen LogP contribution >= 0.6 is 0 Å². The number of fused-ring (bicyclic) bond motifs is 1. The molecule has 3 aromatic rings. The number of hydrogen-bond acceptors (Lipinski definition) is 4. The van der Waals surface area contributed by atoms with Crippen molar-refractivity contribution in [2.24, 2.45) is 7.05 Å². The molecular weight excluding hydrogens is 258 g/mol. The minimum absolute atomic E-state index is 0.203. The van der Waals surface area contributed by atoms with Crippen LogP contribution in [0.2, 0.25) is 0 Å². The van der Waals surface area contributed by atoms with Gasteiger partial charge in [-0.15, -0.1) is 5.10 Å². The van der Waals surface area contributed by atoms with Crippen molar-refractivity contribution in [1.82, 2.24) is 24.8 Å². The molecule has 0 amide bonds. The van der Waals surface area contributed by atoms with Crippen LogP contribution in [0.25, 0.3) is 11.0 Å². The van der Waals surface area contributed by atoms with Gasteiger partial charge in [-0.25, -0.2) is 9.48 Å². The number of rotatable bonds is 3. The van der Waals surface area contributed by atoms with Gasteiger partial charge >= 0.3 is 5.97 Å². The smallest absolute Gasteiger partial charge is 0.337 e. The minimum atomic E-state index is -0.984. The number of aromatic nitrogens is 5. The lowest BCUT2D eigenvalue weighted by atomic mass is 10.2. The summed E-state index contributed by atoms with van der Waals surface area (Å²) in [6.07, 6.45) is 1.90. The van der Waals surface area contributed by atoms with Crippen LogP contribution in [-0.4, -0.2) is 35.9 Å². The molecule has 3 rings (SSSR count). The van der Waals surface area contributed by atoms with Gasteiger partial charge < -0.3 is 5.11 Å². The molecule has 0 saturated heterocycles. The topological polar surface area (TPSA) is 85.8 Å². The molecule has 2 heterocycles. The average Bonchev–Trinajstić information content (AvgIpc) is 2.94. The number of nitrogens with zero attached hydrogens (tertiary/aromatic N) is 5. The summed E-state index contributed by atoms with van der Waals surface area (Å²) in [5, 5.41) is 21.6. The average molecular weight is 271 g/mol. The Morgan fingerprint density at radius 3 is 2.85 bits per heavy atom. The molecule has 1 N–H and O–H groups in total. The lowest BCUT2D eigenvalue weighted by Crippen LogP contribution is -2.06. The van der Waals surface area contributed by atoms with Crippen molar-refractivity contribution in [3.63, 3.8) is 0 Å². The Morgan fingerprint density at radius 2 is 2.20 bits per heavy atom. The van der Waals surface area contributed by atoms with Crippen molar-refractivity contribution in [1.29, 1.82) is 0 Å². The molecule has 2 aromatic heterocycles. The Labute approximate surface area is 114 Å². The van der Waals surface area contributed by atoms with Crippen LogP contribution in [0.3, 0.4) is 0 Å². The molecule has 0 atom stereocenters. The van der Waals surface area contributed by atoms with Gasteiger partial charge in [-0.2, -0.15) is 5.10 Å². The van der Waals surface area contributed by atoms with Gasteiger partial charge in [0.15, 0.2) is 0 Å². The summed E-state index contributed by atoms with van der Waals surface area (Å²) < 4.78 is 3.32. The molecule has 0 radical (unpaired) electrons. The molecule has 7 nitrogen and oxygen atoms in total. The van der Waals surface area contributed by atoms with Crippen molar-refractivity contribution in [2.75, 3.05) is 0 Å². The summed E-state index contributed by atoms with van der Waals surface area (Å²) in [5.41, 5.74) is 3.19. The molecule has 0 aliphatic rings. The second-order valence-electron chi connectivity index (χ2n) is 4.64. The Kier molecular flexibility index (Phi) is 2.74. The second kappa shape index (κ2) is 4.44. The normalized spacial score (nSPS) is 11.1. The van der Waals surface area contributed by atoms with Gasteiger partial charge in [-0.3, -0.25) is 4.68 Å². The number of carboxylic acids is 1. The van der Waals surface area contributed by atoms with Gasteiger partial charge in [-0.1, -0.05) is 11.3 Å². The van der Waals surface area contributed by atoms with Gasteiger partial charge in [0.1, 0.15) is 11.0 Å². The maximum atomic E-state index is 11.3. The molecule has 0 spiro atoms. The third-order valence-corrected chi connectivity index (χ3v) is 3.20. The first-order valence-corrected chi connectivity index (χ1v) is 6.11. The van der Waals surface area contributed by atoms with Crippen LogP contribution in [0.5, 0.6) is 0 Å². The predicted molar refractivity (Wildman–Crippen MR) is 71.5 cm³/mol. The highest BCUT2D eigenvalue weighted by atomic mass is 16.4. The maximum Gasteiger partial charge on any atom is 0.337 e. The van der Waals surface area contributed by atoms with E-state index in [0.29, 0.717) is 17.6 Å². The fourth-order valence-corrected chi connectivity index (χ4v) is 2.28. The summed E-state index contributed by atoms with van der Waals surface area (Å²) in [7, 11) is 1.85. The summed E-state index contributed by atoms with van der Waals surface area (Å²) in [6, 6.07) is 4.97. The molecule has 0 bridgehead atoms. The first kappa shape index (κ1) is 12.3. The van der Waals surface area contributed by atoms with E-state index in [1.165, 1.54) is 0 Å². The summed E-state index contributed by atoms with van der Waals surface area (Å²) in [6.45, 7) is 2.35. The lowest BCUT2D eigenvalue weighted by Gasteiger charge is -2.03. The highest BCUT2D eigenvalue weighted by molar-refractivity contribution is 6.00. The SMILES string of the molecule is Cc1nn(C)cc1Cn1nnc2cccc(C(=O)O)c21. The number of hydrogen-bond donors (Lipinski definition) is 1. The Bertz CT molecular complexity index is 802. The van der Waals surface area contributed by atoms with Crippen molar-refractivity contribution in [2.45, 2.75) is 13.5 Å². The van der Waals surface area contributed by atoms with Gasteiger partial charge in [-0.05, 0) is 19.1 Å². The fourth-order valence-electron chi connectivity index (χ4n) is 2.28. The van der Waals surface area contributed by atoms with E-state index in [1.807, 2.05) is 20.2 Å². The number of para-hydroxylation sites is 1. The third-order valence-electron chi connectivity index (χ3n) is 3.20. The largest absolute Gasteiger partial charge is 0.478 e. The summed E-state index contributed by atoms with van der Waals surface area (Å²) >= 11 is 0. The maximum absolute atomic E-state index is 11.3. The first-order valence-electron chi connectivity index (χ1n) is 6.11. The van der Waals surface area contributed by atoms with Crippen LogP contribution < -0.4 is 0 Å². The van der Waals surface area contributed by atoms with E-state index in [2.05, 4.69) is 15.4 Å². The number of aryl methyl sites for hydroxylation is 2. The van der Waals surface area contributed by atoms with E-state index in [-0.39, 0.29) is 5.56 Å². The standard InChI is InChI=1S/C13H13N5O2/c1-8-9(6-17(2)15-8)7-18-12-10(13(19)20)4-3-5-11(12)14-16-18/h3-6H,7H2,1-2H3,(H,19,20). The zero-order valence-electron chi connectivity index (χ0n) is 11.1.